The van der Waals surface area contributed by atoms with Gasteiger partial charge in [0.15, 0.2) is 5.78 Å². The van der Waals surface area contributed by atoms with Crippen molar-refractivity contribution in [3.8, 4) is 5.75 Å². The first kappa shape index (κ1) is 18.5. The van der Waals surface area contributed by atoms with E-state index < -0.39 is 5.41 Å². The molecule has 5 nitrogen and oxygen atoms in total. The van der Waals surface area contributed by atoms with E-state index in [2.05, 4.69) is 18.3 Å². The zero-order valence-electron chi connectivity index (χ0n) is 14.4. The quantitative estimate of drug-likeness (QED) is 0.905. The van der Waals surface area contributed by atoms with Gasteiger partial charge in [0.05, 0.1) is 24.1 Å². The molecule has 1 aromatic rings. The molecule has 1 heterocycles. The summed E-state index contributed by atoms with van der Waals surface area (Å²) in [7, 11) is 3.63. The van der Waals surface area contributed by atoms with Crippen molar-refractivity contribution in [1.82, 2.24) is 10.2 Å². The molecule has 3 rings (SSSR count). The lowest BCUT2D eigenvalue weighted by Crippen LogP contribution is -2.44. The molecule has 0 bridgehead atoms. The van der Waals surface area contributed by atoms with Crippen molar-refractivity contribution < 1.29 is 14.3 Å². The number of carbonyl (C=O) groups is 2. The first-order chi connectivity index (χ1) is 10.8. The van der Waals surface area contributed by atoms with Crippen LogP contribution in [0.25, 0.3) is 0 Å². The number of aryl methyl sites for hydroxylation is 1. The van der Waals surface area contributed by atoms with Crippen LogP contribution >= 0.6 is 12.4 Å². The van der Waals surface area contributed by atoms with Gasteiger partial charge in [-0.1, -0.05) is 17.7 Å². The van der Waals surface area contributed by atoms with Gasteiger partial charge in [-0.3, -0.25) is 9.59 Å². The highest BCUT2D eigenvalue weighted by Gasteiger charge is 2.48. The second kappa shape index (κ2) is 6.57. The zero-order valence-corrected chi connectivity index (χ0v) is 15.2. The van der Waals surface area contributed by atoms with Crippen molar-refractivity contribution >= 4 is 24.1 Å². The Balaban J connectivity index is 0.00000208. The summed E-state index contributed by atoms with van der Waals surface area (Å²) in [6.45, 7) is 4.35. The normalized spacial score (nSPS) is 24.5. The summed E-state index contributed by atoms with van der Waals surface area (Å²) in [5, 5.41) is 2.76. The third-order valence-corrected chi connectivity index (χ3v) is 4.50. The number of hydrogen-bond acceptors (Lipinski definition) is 4. The predicted octanol–water partition coefficient (Wildman–Crippen LogP) is 1.97. The third-order valence-electron chi connectivity index (χ3n) is 4.50. The maximum absolute atomic E-state index is 12.3. The Morgan fingerprint density at radius 2 is 2.12 bits per heavy atom. The molecule has 1 aliphatic heterocycles. The number of ketones is 1. The molecule has 0 saturated carbocycles. The van der Waals surface area contributed by atoms with E-state index in [0.29, 0.717) is 5.70 Å². The van der Waals surface area contributed by atoms with Crippen molar-refractivity contribution in [2.75, 3.05) is 20.6 Å². The minimum atomic E-state index is -0.393. The average Bonchev–Trinajstić information content (AvgIpc) is 2.71. The van der Waals surface area contributed by atoms with Crippen LogP contribution in [0.4, 0.5) is 0 Å². The van der Waals surface area contributed by atoms with Gasteiger partial charge in [0, 0.05) is 5.56 Å². The molecule has 0 saturated heterocycles. The molecule has 0 unspecified atom stereocenters. The number of hydrogen-bond donors (Lipinski definition) is 1. The number of benzene rings is 1. The van der Waals surface area contributed by atoms with Crippen LogP contribution in [0.2, 0.25) is 0 Å². The summed E-state index contributed by atoms with van der Waals surface area (Å²) in [5.74, 6) is 0.567. The number of likely N-dealkylation sites (N-methyl/N-ethyl adjacent to an activating group) is 1. The summed E-state index contributed by atoms with van der Waals surface area (Å²) >= 11 is 0. The molecule has 0 radical (unpaired) electrons. The average molecular weight is 351 g/mol. The number of allylic oxidation sites excluding steroid dienone is 1. The number of halogens is 1. The number of fused-ring (bicyclic) bond motifs is 3. The van der Waals surface area contributed by atoms with Crippen LogP contribution in [0, 0.1) is 6.92 Å². The number of carbonyl (C=O) groups excluding carboxylic acids is 2. The number of rotatable bonds is 3. The van der Waals surface area contributed by atoms with E-state index in [4.69, 9.17) is 4.74 Å². The summed E-state index contributed by atoms with van der Waals surface area (Å²) in [6.07, 6.45) is 1.93. The van der Waals surface area contributed by atoms with Gasteiger partial charge in [-0.2, -0.15) is 0 Å². The molecule has 2 aliphatic rings. The first-order valence-electron chi connectivity index (χ1n) is 7.78. The van der Waals surface area contributed by atoms with Crippen LogP contribution in [-0.2, 0) is 15.0 Å². The van der Waals surface area contributed by atoms with E-state index in [-0.39, 0.29) is 43.2 Å². The summed E-state index contributed by atoms with van der Waals surface area (Å²) in [6, 6.07) is 6.06. The van der Waals surface area contributed by atoms with Gasteiger partial charge in [0.25, 0.3) is 0 Å². The Labute approximate surface area is 148 Å². The lowest BCUT2D eigenvalue weighted by Gasteiger charge is -2.32. The highest BCUT2D eigenvalue weighted by Crippen LogP contribution is 2.47. The Morgan fingerprint density at radius 3 is 2.79 bits per heavy atom. The summed E-state index contributed by atoms with van der Waals surface area (Å²) in [4.78, 5) is 26.1. The molecule has 1 aliphatic carbocycles. The minimum Gasteiger partial charge on any atom is -0.488 e. The fraction of sp³-hybridized carbons (Fsp3) is 0.444. The first-order valence-corrected chi connectivity index (χ1v) is 7.78. The van der Waals surface area contributed by atoms with Crippen molar-refractivity contribution in [3.63, 3.8) is 0 Å². The molecule has 6 heteroatoms. The Hall–Kier alpha value is -1.85. The Bertz CT molecular complexity index is 714. The van der Waals surface area contributed by atoms with Gasteiger partial charge in [0.1, 0.15) is 11.9 Å². The van der Waals surface area contributed by atoms with Gasteiger partial charge in [-0.05, 0) is 40.1 Å². The fourth-order valence-electron chi connectivity index (χ4n) is 3.28. The lowest BCUT2D eigenvalue weighted by molar-refractivity contribution is -0.124. The van der Waals surface area contributed by atoms with Crippen molar-refractivity contribution in [1.29, 1.82) is 0 Å². The fourth-order valence-corrected chi connectivity index (χ4v) is 3.28. The van der Waals surface area contributed by atoms with Crippen molar-refractivity contribution in [3.05, 3.63) is 41.1 Å². The van der Waals surface area contributed by atoms with Crippen molar-refractivity contribution in [2.45, 2.75) is 31.8 Å². The predicted molar refractivity (Wildman–Crippen MR) is 94.6 cm³/mol. The Kier molecular flexibility index (Phi) is 5.06. The van der Waals surface area contributed by atoms with Crippen LogP contribution in [0.1, 0.15) is 24.5 Å². The lowest BCUT2D eigenvalue weighted by atomic mass is 9.73. The monoisotopic (exact) mass is 350 g/mol. The van der Waals surface area contributed by atoms with Crippen LogP contribution < -0.4 is 10.1 Å². The highest BCUT2D eigenvalue weighted by molar-refractivity contribution is 6.01. The maximum atomic E-state index is 12.3. The molecule has 0 aromatic heterocycles. The summed E-state index contributed by atoms with van der Waals surface area (Å²) < 4.78 is 5.97. The van der Waals surface area contributed by atoms with Gasteiger partial charge in [0.2, 0.25) is 5.91 Å². The molecule has 1 aromatic carbocycles. The molecule has 1 amide bonds. The summed E-state index contributed by atoms with van der Waals surface area (Å²) in [5.41, 5.74) is 2.22. The van der Waals surface area contributed by atoms with E-state index in [1.54, 1.807) is 4.90 Å². The molecule has 1 N–H and O–H groups in total. The van der Waals surface area contributed by atoms with Crippen LogP contribution in [0.5, 0.6) is 5.75 Å². The Morgan fingerprint density at radius 1 is 1.42 bits per heavy atom. The van der Waals surface area contributed by atoms with E-state index in [1.165, 1.54) is 0 Å². The SMILES string of the molecule is Cc1ccc2c(c1)[C@]1(C)C=C(NC(=O)CN(C)C)C(=O)C[C@@H]1O2.Cl. The van der Waals surface area contributed by atoms with E-state index in [1.807, 2.05) is 39.2 Å². The third kappa shape index (κ3) is 3.19. The molecular formula is C18H23ClN2O3. The van der Waals surface area contributed by atoms with Gasteiger partial charge >= 0.3 is 0 Å². The number of ether oxygens (including phenoxy) is 1. The number of nitrogens with one attached hydrogen (secondary N) is 1. The number of nitrogens with zero attached hydrogens (tertiary/aromatic N) is 1. The van der Waals surface area contributed by atoms with Crippen molar-refractivity contribution in [2.24, 2.45) is 0 Å². The molecular weight excluding hydrogens is 328 g/mol. The van der Waals surface area contributed by atoms with E-state index in [0.717, 1.165) is 16.9 Å². The van der Waals surface area contributed by atoms with E-state index >= 15 is 0 Å². The van der Waals surface area contributed by atoms with E-state index in [9.17, 15) is 9.59 Å². The van der Waals surface area contributed by atoms with Crippen LogP contribution in [-0.4, -0.2) is 43.3 Å². The minimum absolute atomic E-state index is 0. The van der Waals surface area contributed by atoms with Crippen LogP contribution in [0.3, 0.4) is 0 Å². The molecule has 130 valence electrons. The molecule has 0 fully saturated rings. The number of amides is 1. The smallest absolute Gasteiger partial charge is 0.238 e. The van der Waals surface area contributed by atoms with Gasteiger partial charge in [-0.25, -0.2) is 0 Å². The second-order valence-electron chi connectivity index (χ2n) is 6.86. The zero-order chi connectivity index (χ0) is 16.8. The number of Topliss-reactive ketones (excluding diaryl/α,β-unsaturated/α-hetero) is 1. The van der Waals surface area contributed by atoms with Gasteiger partial charge < -0.3 is 15.0 Å². The topological polar surface area (TPSA) is 58.6 Å². The molecule has 2 atom stereocenters. The highest BCUT2D eigenvalue weighted by atomic mass is 35.5. The maximum Gasteiger partial charge on any atom is 0.238 e. The molecule has 24 heavy (non-hydrogen) atoms. The largest absolute Gasteiger partial charge is 0.488 e. The second-order valence-corrected chi connectivity index (χ2v) is 6.86. The standard InChI is InChI=1S/C18H22N2O3.ClH/c1-11-5-6-15-12(7-11)18(2)9-13(14(21)8-16(18)23-15)19-17(22)10-20(3)4;/h5-7,9,16H,8,10H2,1-4H3,(H,19,22);1H/t16-,18-;/m0./s1. The molecule has 0 spiro atoms. The van der Waals surface area contributed by atoms with Crippen LogP contribution in [0.15, 0.2) is 30.0 Å². The van der Waals surface area contributed by atoms with Gasteiger partial charge in [-0.15, -0.1) is 12.4 Å².